The van der Waals surface area contributed by atoms with Gasteiger partial charge >= 0.3 is 0 Å². The first-order valence-electron chi connectivity index (χ1n) is 8.95. The van der Waals surface area contributed by atoms with Crippen LogP contribution in [0.15, 0.2) is 35.4 Å². The number of nitrogens with one attached hydrogen (secondary N) is 1. The van der Waals surface area contributed by atoms with Crippen LogP contribution in [0, 0.1) is 0 Å². The average molecular weight is 359 g/mol. The number of hydrogen-bond donors (Lipinski definition) is 1. The number of nitrogens with zero attached hydrogens (tertiary/aromatic N) is 2. The molecule has 1 aromatic carbocycles. The lowest BCUT2D eigenvalue weighted by Gasteiger charge is -2.32. The highest BCUT2D eigenvalue weighted by Crippen LogP contribution is 2.34. The lowest BCUT2D eigenvalue weighted by Crippen LogP contribution is -3.05. The molecule has 1 aliphatic heterocycles. The van der Waals surface area contributed by atoms with E-state index in [4.69, 9.17) is 14.7 Å². The molecule has 3 rings (SSSR count). The summed E-state index contributed by atoms with van der Waals surface area (Å²) < 4.78 is 6.03. The van der Waals surface area contributed by atoms with Crippen molar-refractivity contribution in [1.29, 1.82) is 0 Å². The van der Waals surface area contributed by atoms with E-state index in [1.165, 1.54) is 23.4 Å². The first-order valence-corrected chi connectivity index (χ1v) is 9.94. The van der Waals surface area contributed by atoms with Crippen molar-refractivity contribution in [2.24, 2.45) is 0 Å². The molecule has 0 bridgehead atoms. The molecule has 134 valence electrons. The lowest BCUT2D eigenvalue weighted by atomic mass is 9.96. The summed E-state index contributed by atoms with van der Waals surface area (Å²) in [5, 5.41) is 1.09. The van der Waals surface area contributed by atoms with Crippen molar-refractivity contribution in [3.8, 4) is 11.4 Å². The maximum absolute atomic E-state index is 6.03. The summed E-state index contributed by atoms with van der Waals surface area (Å²) in [4.78, 5) is 11.3. The van der Waals surface area contributed by atoms with Crippen molar-refractivity contribution in [1.82, 2.24) is 9.97 Å². The molecular formula is C20H28N3OS+. The van der Waals surface area contributed by atoms with Crippen molar-refractivity contribution in [2.75, 3.05) is 26.4 Å². The third-order valence-corrected chi connectivity index (χ3v) is 5.45. The van der Waals surface area contributed by atoms with Gasteiger partial charge in [-0.3, -0.25) is 0 Å². The molecule has 5 heteroatoms. The molecule has 0 unspecified atom stereocenters. The van der Waals surface area contributed by atoms with Crippen LogP contribution in [0.25, 0.3) is 11.4 Å². The second-order valence-corrected chi connectivity index (χ2v) is 8.61. The lowest BCUT2D eigenvalue weighted by molar-refractivity contribution is -0.858. The molecule has 0 saturated heterocycles. The number of quaternary nitrogens is 1. The quantitative estimate of drug-likeness (QED) is 0.489. The number of ether oxygens (including phenoxy) is 1. The molecule has 0 amide bonds. The average Bonchev–Trinajstić information content (AvgIpc) is 2.57. The summed E-state index contributed by atoms with van der Waals surface area (Å²) in [5.41, 5.74) is 3.24. The molecule has 25 heavy (non-hydrogen) atoms. The van der Waals surface area contributed by atoms with Gasteiger partial charge in [-0.2, -0.15) is 0 Å². The van der Waals surface area contributed by atoms with Crippen LogP contribution in [0.1, 0.15) is 31.5 Å². The minimum absolute atomic E-state index is 0.161. The van der Waals surface area contributed by atoms with Crippen molar-refractivity contribution in [3.05, 3.63) is 41.6 Å². The fourth-order valence-electron chi connectivity index (χ4n) is 2.95. The van der Waals surface area contributed by atoms with Crippen LogP contribution in [-0.4, -0.2) is 42.0 Å². The molecule has 1 N–H and O–H groups in total. The van der Waals surface area contributed by atoms with E-state index in [-0.39, 0.29) is 5.60 Å². The van der Waals surface area contributed by atoms with E-state index in [2.05, 4.69) is 40.1 Å². The van der Waals surface area contributed by atoms with Gasteiger partial charge in [0, 0.05) is 29.7 Å². The Morgan fingerprint density at radius 2 is 1.92 bits per heavy atom. The van der Waals surface area contributed by atoms with Gasteiger partial charge < -0.3 is 9.64 Å². The van der Waals surface area contributed by atoms with Gasteiger partial charge in [0.15, 0.2) is 5.82 Å². The van der Waals surface area contributed by atoms with Crippen LogP contribution in [-0.2, 0) is 17.8 Å². The molecule has 0 saturated carbocycles. The maximum Gasteiger partial charge on any atom is 0.160 e. The molecule has 1 aromatic heterocycles. The minimum Gasteiger partial charge on any atom is -0.370 e. The first kappa shape index (κ1) is 18.4. The zero-order valence-corrected chi connectivity index (χ0v) is 16.4. The molecule has 0 radical (unpaired) electrons. The van der Waals surface area contributed by atoms with Crippen molar-refractivity contribution >= 4 is 11.8 Å². The summed E-state index contributed by atoms with van der Waals surface area (Å²) in [6.07, 6.45) is 2.01. The Labute approximate surface area is 155 Å². The molecular weight excluding hydrogens is 330 g/mol. The SMILES string of the molecule is C[NH+](C)CCCSc1nc(-c2ccccc2)nc2c1COC(C)(C)C2. The van der Waals surface area contributed by atoms with Gasteiger partial charge in [-0.1, -0.05) is 30.3 Å². The van der Waals surface area contributed by atoms with E-state index in [0.717, 1.165) is 34.3 Å². The molecule has 0 atom stereocenters. The smallest absolute Gasteiger partial charge is 0.160 e. The van der Waals surface area contributed by atoms with E-state index in [0.29, 0.717) is 6.61 Å². The van der Waals surface area contributed by atoms with Crippen LogP contribution >= 0.6 is 11.8 Å². The fourth-order valence-corrected chi connectivity index (χ4v) is 3.93. The van der Waals surface area contributed by atoms with Crippen LogP contribution in [0.4, 0.5) is 0 Å². The van der Waals surface area contributed by atoms with Crippen LogP contribution in [0.2, 0.25) is 0 Å². The molecule has 1 aliphatic rings. The minimum atomic E-state index is -0.161. The maximum atomic E-state index is 6.03. The Morgan fingerprint density at radius 3 is 2.64 bits per heavy atom. The van der Waals surface area contributed by atoms with Gasteiger partial charge in [0.1, 0.15) is 5.03 Å². The van der Waals surface area contributed by atoms with Crippen molar-refractivity contribution in [2.45, 2.75) is 43.9 Å². The van der Waals surface area contributed by atoms with E-state index in [1.54, 1.807) is 0 Å². The molecule has 2 aromatic rings. The second kappa shape index (κ2) is 7.85. The number of thioether (sulfide) groups is 1. The predicted molar refractivity (Wildman–Crippen MR) is 103 cm³/mol. The third kappa shape index (κ3) is 4.81. The normalized spacial score (nSPS) is 16.0. The molecule has 4 nitrogen and oxygen atoms in total. The van der Waals surface area contributed by atoms with Crippen molar-refractivity contribution in [3.63, 3.8) is 0 Å². The predicted octanol–water partition coefficient (Wildman–Crippen LogP) is 2.62. The number of hydrogen-bond acceptors (Lipinski definition) is 4. The molecule has 0 aliphatic carbocycles. The van der Waals surface area contributed by atoms with Gasteiger partial charge in [0.05, 0.1) is 38.5 Å². The summed E-state index contributed by atoms with van der Waals surface area (Å²) >= 11 is 1.84. The van der Waals surface area contributed by atoms with Gasteiger partial charge in [0.25, 0.3) is 0 Å². The van der Waals surface area contributed by atoms with Crippen LogP contribution in [0.3, 0.4) is 0 Å². The summed E-state index contributed by atoms with van der Waals surface area (Å²) in [7, 11) is 4.39. The second-order valence-electron chi connectivity index (χ2n) is 7.53. The van der Waals surface area contributed by atoms with Gasteiger partial charge in [-0.05, 0) is 13.8 Å². The number of aromatic nitrogens is 2. The monoisotopic (exact) mass is 358 g/mol. The Hall–Kier alpha value is -1.43. The highest BCUT2D eigenvalue weighted by Gasteiger charge is 2.30. The highest BCUT2D eigenvalue weighted by atomic mass is 32.2. The Kier molecular flexibility index (Phi) is 5.77. The summed E-state index contributed by atoms with van der Waals surface area (Å²) in [5.74, 6) is 1.91. The van der Waals surface area contributed by atoms with Gasteiger partial charge in [-0.25, -0.2) is 9.97 Å². The molecule has 2 heterocycles. The van der Waals surface area contributed by atoms with Crippen LogP contribution < -0.4 is 4.90 Å². The first-order chi connectivity index (χ1) is 11.9. The summed E-state index contributed by atoms with van der Waals surface area (Å²) in [6, 6.07) is 10.3. The Bertz CT molecular complexity index is 716. The molecule has 0 fully saturated rings. The van der Waals surface area contributed by atoms with Crippen molar-refractivity contribution < 1.29 is 9.64 Å². The van der Waals surface area contributed by atoms with E-state index >= 15 is 0 Å². The van der Waals surface area contributed by atoms with Gasteiger partial charge in [0.2, 0.25) is 0 Å². The number of rotatable bonds is 6. The van der Waals surface area contributed by atoms with Crippen LogP contribution in [0.5, 0.6) is 0 Å². The highest BCUT2D eigenvalue weighted by molar-refractivity contribution is 7.99. The zero-order valence-electron chi connectivity index (χ0n) is 15.6. The largest absolute Gasteiger partial charge is 0.370 e. The molecule has 0 spiro atoms. The topological polar surface area (TPSA) is 39.5 Å². The number of benzene rings is 1. The third-order valence-electron chi connectivity index (χ3n) is 4.35. The summed E-state index contributed by atoms with van der Waals surface area (Å²) in [6.45, 7) is 6.05. The van der Waals surface area contributed by atoms with Gasteiger partial charge in [-0.15, -0.1) is 11.8 Å². The Balaban J connectivity index is 1.89. The zero-order chi connectivity index (χ0) is 17.9. The fraction of sp³-hybridized carbons (Fsp3) is 0.500. The standard InChI is InChI=1S/C20H27N3OS/c1-20(2)13-17-16(14-24-20)19(25-12-8-11-23(3)4)22-18(21-17)15-9-6-5-7-10-15/h5-7,9-10H,8,11-14H2,1-4H3/p+1. The van der Waals surface area contributed by atoms with E-state index < -0.39 is 0 Å². The Morgan fingerprint density at radius 1 is 1.16 bits per heavy atom. The van der Waals surface area contributed by atoms with E-state index in [1.807, 2.05) is 30.0 Å². The number of fused-ring (bicyclic) bond motifs is 1. The van der Waals surface area contributed by atoms with E-state index in [9.17, 15) is 0 Å².